The molecular formula is C15H22BrClN2. The Kier molecular flexibility index (Phi) is 5.29. The number of fused-ring (bicyclic) bond motifs is 1. The molecular weight excluding hydrogens is 324 g/mol. The zero-order valence-corrected chi connectivity index (χ0v) is 13.5. The van der Waals surface area contributed by atoms with E-state index in [9.17, 15) is 0 Å². The number of hydrogen-bond donors (Lipinski definition) is 1. The molecule has 3 unspecified atom stereocenters. The zero-order valence-electron chi connectivity index (χ0n) is 11.1. The van der Waals surface area contributed by atoms with Gasteiger partial charge in [0, 0.05) is 30.1 Å². The molecule has 1 aromatic rings. The smallest absolute Gasteiger partial charge is 0.0245 e. The SMILES string of the molecule is Cl.NC1CCCC2CN(Cc3ccccc3Br)CC12. The van der Waals surface area contributed by atoms with E-state index in [0.717, 1.165) is 18.4 Å². The normalized spacial score (nSPS) is 30.7. The number of nitrogens with two attached hydrogens (primary N) is 1. The van der Waals surface area contributed by atoms with Crippen molar-refractivity contribution in [1.82, 2.24) is 4.90 Å². The van der Waals surface area contributed by atoms with Crippen molar-refractivity contribution in [1.29, 1.82) is 0 Å². The highest BCUT2D eigenvalue weighted by molar-refractivity contribution is 9.10. The predicted octanol–water partition coefficient (Wildman–Crippen LogP) is 3.43. The highest BCUT2D eigenvalue weighted by Crippen LogP contribution is 2.36. The third-order valence-electron chi connectivity index (χ3n) is 4.58. The number of benzene rings is 1. The molecule has 3 rings (SSSR count). The van der Waals surface area contributed by atoms with Gasteiger partial charge in [0.15, 0.2) is 0 Å². The Morgan fingerprint density at radius 2 is 2.00 bits per heavy atom. The van der Waals surface area contributed by atoms with Gasteiger partial charge in [-0.05, 0) is 36.3 Å². The lowest BCUT2D eigenvalue weighted by Gasteiger charge is -2.29. The predicted molar refractivity (Wildman–Crippen MR) is 85.5 cm³/mol. The van der Waals surface area contributed by atoms with Crippen LogP contribution in [0.4, 0.5) is 0 Å². The fourth-order valence-corrected chi connectivity index (χ4v) is 4.02. The number of rotatable bonds is 2. The molecule has 3 atom stereocenters. The first-order valence-electron chi connectivity index (χ1n) is 6.95. The quantitative estimate of drug-likeness (QED) is 0.890. The topological polar surface area (TPSA) is 29.3 Å². The van der Waals surface area contributed by atoms with Crippen molar-refractivity contribution in [2.45, 2.75) is 31.8 Å². The lowest BCUT2D eigenvalue weighted by molar-refractivity contribution is 0.259. The van der Waals surface area contributed by atoms with E-state index < -0.39 is 0 Å². The fraction of sp³-hybridized carbons (Fsp3) is 0.600. The Morgan fingerprint density at radius 3 is 2.74 bits per heavy atom. The van der Waals surface area contributed by atoms with E-state index in [0.29, 0.717) is 6.04 Å². The molecule has 0 amide bonds. The second-order valence-corrected chi connectivity index (χ2v) is 6.66. The molecule has 19 heavy (non-hydrogen) atoms. The first-order valence-corrected chi connectivity index (χ1v) is 7.74. The van der Waals surface area contributed by atoms with Crippen molar-refractivity contribution < 1.29 is 0 Å². The van der Waals surface area contributed by atoms with Crippen LogP contribution in [0, 0.1) is 11.8 Å². The Bertz CT molecular complexity index is 426. The van der Waals surface area contributed by atoms with Crippen LogP contribution < -0.4 is 5.73 Å². The Hall–Kier alpha value is -0.0900. The van der Waals surface area contributed by atoms with Crippen molar-refractivity contribution >= 4 is 28.3 Å². The van der Waals surface area contributed by atoms with Gasteiger partial charge in [-0.1, -0.05) is 40.5 Å². The second-order valence-electron chi connectivity index (χ2n) is 5.80. The average molecular weight is 346 g/mol. The van der Waals surface area contributed by atoms with Gasteiger partial charge in [-0.25, -0.2) is 0 Å². The van der Waals surface area contributed by atoms with E-state index in [1.165, 1.54) is 42.4 Å². The van der Waals surface area contributed by atoms with Crippen molar-refractivity contribution in [3.05, 3.63) is 34.3 Å². The van der Waals surface area contributed by atoms with Crippen molar-refractivity contribution in [3.63, 3.8) is 0 Å². The molecule has 2 fully saturated rings. The number of likely N-dealkylation sites (tertiary alicyclic amines) is 1. The summed E-state index contributed by atoms with van der Waals surface area (Å²) in [6.07, 6.45) is 3.93. The molecule has 0 spiro atoms. The summed E-state index contributed by atoms with van der Waals surface area (Å²) in [5, 5.41) is 0. The molecule has 0 aromatic heterocycles. The van der Waals surface area contributed by atoms with Gasteiger partial charge in [0.1, 0.15) is 0 Å². The first kappa shape index (κ1) is 15.3. The van der Waals surface area contributed by atoms with Crippen LogP contribution in [0.2, 0.25) is 0 Å². The zero-order chi connectivity index (χ0) is 12.5. The number of nitrogens with zero attached hydrogens (tertiary/aromatic N) is 1. The third-order valence-corrected chi connectivity index (χ3v) is 5.35. The number of hydrogen-bond acceptors (Lipinski definition) is 2. The van der Waals surface area contributed by atoms with E-state index >= 15 is 0 Å². The molecule has 2 aliphatic rings. The maximum absolute atomic E-state index is 6.27. The first-order chi connectivity index (χ1) is 8.74. The van der Waals surface area contributed by atoms with Crippen LogP contribution in [0.15, 0.2) is 28.7 Å². The maximum Gasteiger partial charge on any atom is 0.0245 e. The van der Waals surface area contributed by atoms with Crippen LogP contribution in [0.3, 0.4) is 0 Å². The third kappa shape index (κ3) is 3.33. The summed E-state index contributed by atoms with van der Waals surface area (Å²) in [6, 6.07) is 8.98. The average Bonchev–Trinajstić information content (AvgIpc) is 2.76. The summed E-state index contributed by atoms with van der Waals surface area (Å²) in [7, 11) is 0. The van der Waals surface area contributed by atoms with Crippen LogP contribution in [-0.2, 0) is 6.54 Å². The van der Waals surface area contributed by atoms with Crippen LogP contribution >= 0.6 is 28.3 Å². The van der Waals surface area contributed by atoms with Crippen LogP contribution in [0.1, 0.15) is 24.8 Å². The van der Waals surface area contributed by atoms with Gasteiger partial charge >= 0.3 is 0 Å². The Morgan fingerprint density at radius 1 is 1.21 bits per heavy atom. The summed E-state index contributed by atoms with van der Waals surface area (Å²) in [5.41, 5.74) is 7.66. The molecule has 0 bridgehead atoms. The summed E-state index contributed by atoms with van der Waals surface area (Å²) < 4.78 is 1.23. The van der Waals surface area contributed by atoms with E-state index in [2.05, 4.69) is 45.1 Å². The maximum atomic E-state index is 6.27. The van der Waals surface area contributed by atoms with Crippen LogP contribution in [0.5, 0.6) is 0 Å². The minimum Gasteiger partial charge on any atom is -0.327 e. The Labute approximate surface area is 130 Å². The van der Waals surface area contributed by atoms with Crippen LogP contribution in [-0.4, -0.2) is 24.0 Å². The molecule has 1 heterocycles. The monoisotopic (exact) mass is 344 g/mol. The molecule has 1 saturated heterocycles. The molecule has 106 valence electrons. The molecule has 2 nitrogen and oxygen atoms in total. The highest BCUT2D eigenvalue weighted by Gasteiger charge is 2.38. The van der Waals surface area contributed by atoms with Gasteiger partial charge in [0.2, 0.25) is 0 Å². The molecule has 0 radical (unpaired) electrons. The van der Waals surface area contributed by atoms with Crippen molar-refractivity contribution in [2.24, 2.45) is 17.6 Å². The van der Waals surface area contributed by atoms with E-state index in [1.54, 1.807) is 0 Å². The van der Waals surface area contributed by atoms with Crippen molar-refractivity contribution in [2.75, 3.05) is 13.1 Å². The van der Waals surface area contributed by atoms with Gasteiger partial charge in [-0.15, -0.1) is 12.4 Å². The van der Waals surface area contributed by atoms with E-state index in [4.69, 9.17) is 5.73 Å². The highest BCUT2D eigenvalue weighted by atomic mass is 79.9. The summed E-state index contributed by atoms with van der Waals surface area (Å²) >= 11 is 3.64. The summed E-state index contributed by atoms with van der Waals surface area (Å²) in [6.45, 7) is 3.48. The molecule has 4 heteroatoms. The molecule has 1 aliphatic carbocycles. The summed E-state index contributed by atoms with van der Waals surface area (Å²) in [5.74, 6) is 1.58. The number of halogens is 2. The van der Waals surface area contributed by atoms with Gasteiger partial charge in [-0.2, -0.15) is 0 Å². The van der Waals surface area contributed by atoms with Gasteiger partial charge in [0.25, 0.3) is 0 Å². The standard InChI is InChI=1S/C15H21BrN2.ClH/c16-14-6-2-1-4-12(14)9-18-8-11-5-3-7-15(17)13(11)10-18;/h1-2,4,6,11,13,15H,3,5,7-10,17H2;1H. The molecule has 1 aliphatic heterocycles. The lowest BCUT2D eigenvalue weighted by Crippen LogP contribution is -2.38. The van der Waals surface area contributed by atoms with Gasteiger partial charge < -0.3 is 5.73 Å². The molecule has 1 saturated carbocycles. The van der Waals surface area contributed by atoms with E-state index in [1.807, 2.05) is 0 Å². The van der Waals surface area contributed by atoms with Gasteiger partial charge in [-0.3, -0.25) is 4.90 Å². The largest absolute Gasteiger partial charge is 0.327 e. The minimum absolute atomic E-state index is 0. The summed E-state index contributed by atoms with van der Waals surface area (Å²) in [4.78, 5) is 2.58. The molecule has 2 N–H and O–H groups in total. The second kappa shape index (κ2) is 6.57. The lowest BCUT2D eigenvalue weighted by atomic mass is 9.78. The fourth-order valence-electron chi connectivity index (χ4n) is 3.61. The minimum atomic E-state index is 0. The van der Waals surface area contributed by atoms with Crippen LogP contribution in [0.25, 0.3) is 0 Å². The van der Waals surface area contributed by atoms with E-state index in [-0.39, 0.29) is 12.4 Å². The van der Waals surface area contributed by atoms with Gasteiger partial charge in [0.05, 0.1) is 0 Å². The van der Waals surface area contributed by atoms with Crippen molar-refractivity contribution in [3.8, 4) is 0 Å². The molecule has 1 aromatic carbocycles. The Balaban J connectivity index is 0.00000133.